The molecule has 2 rings (SSSR count). The largest absolute Gasteiger partial charge is 0.465 e. The molecule has 0 aliphatic rings. The van der Waals surface area contributed by atoms with Gasteiger partial charge >= 0.3 is 0 Å². The lowest BCUT2D eigenvalue weighted by Gasteiger charge is -2.06. The summed E-state index contributed by atoms with van der Waals surface area (Å²) < 4.78 is 6.87. The molecule has 2 nitrogen and oxygen atoms in total. The first kappa shape index (κ1) is 10.4. The Hall–Kier alpha value is -0.100. The van der Waals surface area contributed by atoms with Crippen molar-refractivity contribution in [3.05, 3.63) is 43.4 Å². The number of thiophene rings is 1. The van der Waals surface area contributed by atoms with Crippen LogP contribution in [0.2, 0.25) is 0 Å². The summed E-state index contributed by atoms with van der Waals surface area (Å²) in [4.78, 5) is 0. The number of aliphatic hydroxyl groups is 1. The van der Waals surface area contributed by atoms with Gasteiger partial charge in [0.15, 0.2) is 5.76 Å². The van der Waals surface area contributed by atoms with Crippen molar-refractivity contribution in [3.63, 3.8) is 0 Å². The van der Waals surface area contributed by atoms with Crippen LogP contribution in [0.3, 0.4) is 0 Å². The standard InChI is InChI=1S/C9H6Br2O2S/c10-6-1-2-13-9(6)8(12)5-3-14-4-7(5)11/h1-4,8,12H. The summed E-state index contributed by atoms with van der Waals surface area (Å²) in [6, 6.07) is 1.76. The quantitative estimate of drug-likeness (QED) is 0.900. The molecular formula is C9H6Br2O2S. The van der Waals surface area contributed by atoms with Crippen molar-refractivity contribution in [2.24, 2.45) is 0 Å². The van der Waals surface area contributed by atoms with Gasteiger partial charge in [-0.1, -0.05) is 0 Å². The molecule has 0 aliphatic carbocycles. The molecule has 0 aromatic carbocycles. The van der Waals surface area contributed by atoms with E-state index in [0.29, 0.717) is 5.76 Å². The molecule has 0 amide bonds. The van der Waals surface area contributed by atoms with Gasteiger partial charge in [-0.05, 0) is 43.3 Å². The van der Waals surface area contributed by atoms with Crippen molar-refractivity contribution >= 4 is 43.2 Å². The third-order valence-electron chi connectivity index (χ3n) is 1.83. The molecule has 1 unspecified atom stereocenters. The van der Waals surface area contributed by atoms with E-state index in [-0.39, 0.29) is 0 Å². The minimum atomic E-state index is -0.722. The number of furan rings is 1. The predicted octanol–water partition coefficient (Wildman–Crippen LogP) is 3.95. The van der Waals surface area contributed by atoms with Crippen LogP contribution < -0.4 is 0 Å². The zero-order valence-electron chi connectivity index (χ0n) is 6.91. The predicted molar refractivity (Wildman–Crippen MR) is 62.5 cm³/mol. The monoisotopic (exact) mass is 336 g/mol. The zero-order valence-corrected chi connectivity index (χ0v) is 10.9. The highest BCUT2D eigenvalue weighted by atomic mass is 79.9. The third kappa shape index (κ3) is 1.82. The van der Waals surface area contributed by atoms with E-state index >= 15 is 0 Å². The van der Waals surface area contributed by atoms with Gasteiger partial charge in [0, 0.05) is 15.4 Å². The Morgan fingerprint density at radius 3 is 2.57 bits per heavy atom. The third-order valence-corrected chi connectivity index (χ3v) is 4.24. The van der Waals surface area contributed by atoms with E-state index in [1.165, 1.54) is 11.3 Å². The maximum atomic E-state index is 9.98. The second-order valence-corrected chi connectivity index (χ2v) is 5.16. The fourth-order valence-corrected chi connectivity index (χ4v) is 3.08. The molecule has 0 radical (unpaired) electrons. The normalized spacial score (nSPS) is 13.1. The molecule has 0 spiro atoms. The van der Waals surface area contributed by atoms with Crippen molar-refractivity contribution in [1.82, 2.24) is 0 Å². The van der Waals surface area contributed by atoms with Crippen LogP contribution in [0.25, 0.3) is 0 Å². The first-order valence-electron chi connectivity index (χ1n) is 3.82. The molecular weight excluding hydrogens is 332 g/mol. The van der Waals surface area contributed by atoms with Crippen LogP contribution in [0.15, 0.2) is 36.5 Å². The van der Waals surface area contributed by atoms with Crippen LogP contribution in [0, 0.1) is 0 Å². The average Bonchev–Trinajstić information content (AvgIpc) is 2.73. The van der Waals surface area contributed by atoms with E-state index in [1.54, 1.807) is 12.3 Å². The summed E-state index contributed by atoms with van der Waals surface area (Å²) in [5, 5.41) is 13.8. The van der Waals surface area contributed by atoms with Gasteiger partial charge in [0.05, 0.1) is 10.7 Å². The molecule has 74 valence electrons. The number of hydrogen-bond donors (Lipinski definition) is 1. The van der Waals surface area contributed by atoms with Gasteiger partial charge in [-0.25, -0.2) is 0 Å². The molecule has 2 aromatic rings. The van der Waals surface area contributed by atoms with Gasteiger partial charge in [0.2, 0.25) is 0 Å². The molecule has 0 saturated carbocycles. The van der Waals surface area contributed by atoms with Gasteiger partial charge in [-0.3, -0.25) is 0 Å². The van der Waals surface area contributed by atoms with E-state index in [2.05, 4.69) is 31.9 Å². The van der Waals surface area contributed by atoms with Gasteiger partial charge in [0.25, 0.3) is 0 Å². The Morgan fingerprint density at radius 2 is 2.07 bits per heavy atom. The summed E-state index contributed by atoms with van der Waals surface area (Å²) in [6.45, 7) is 0. The molecule has 2 heterocycles. The topological polar surface area (TPSA) is 33.4 Å². The van der Waals surface area contributed by atoms with E-state index in [9.17, 15) is 5.11 Å². The molecule has 14 heavy (non-hydrogen) atoms. The van der Waals surface area contributed by atoms with Gasteiger partial charge in [-0.15, -0.1) is 0 Å². The molecule has 1 atom stereocenters. The Labute approximate surface area is 102 Å². The summed E-state index contributed by atoms with van der Waals surface area (Å²) in [5.74, 6) is 0.532. The highest BCUT2D eigenvalue weighted by molar-refractivity contribution is 9.10. The summed E-state index contributed by atoms with van der Waals surface area (Å²) in [7, 11) is 0. The maximum absolute atomic E-state index is 9.98. The summed E-state index contributed by atoms with van der Waals surface area (Å²) >= 11 is 8.22. The highest BCUT2D eigenvalue weighted by Crippen LogP contribution is 2.34. The SMILES string of the molecule is OC(c1cscc1Br)c1occc1Br. The van der Waals surface area contributed by atoms with Crippen molar-refractivity contribution < 1.29 is 9.52 Å². The van der Waals surface area contributed by atoms with Crippen LogP contribution in [0.1, 0.15) is 17.4 Å². The van der Waals surface area contributed by atoms with E-state index in [1.807, 2.05) is 10.8 Å². The van der Waals surface area contributed by atoms with E-state index < -0.39 is 6.10 Å². The molecule has 0 saturated heterocycles. The minimum Gasteiger partial charge on any atom is -0.465 e. The molecule has 5 heteroatoms. The fourth-order valence-electron chi connectivity index (χ4n) is 1.13. The van der Waals surface area contributed by atoms with Gasteiger partial charge < -0.3 is 9.52 Å². The number of aliphatic hydroxyl groups excluding tert-OH is 1. The maximum Gasteiger partial charge on any atom is 0.151 e. The summed E-state index contributed by atoms with van der Waals surface area (Å²) in [5.41, 5.74) is 0.825. The van der Waals surface area contributed by atoms with Crippen molar-refractivity contribution in [2.75, 3.05) is 0 Å². The molecule has 0 bridgehead atoms. The van der Waals surface area contributed by atoms with Crippen LogP contribution in [-0.4, -0.2) is 5.11 Å². The first-order valence-corrected chi connectivity index (χ1v) is 6.35. The summed E-state index contributed by atoms with van der Waals surface area (Å²) in [6.07, 6.45) is 0.822. The second kappa shape index (κ2) is 4.18. The van der Waals surface area contributed by atoms with Gasteiger partial charge in [-0.2, -0.15) is 11.3 Å². The smallest absolute Gasteiger partial charge is 0.151 e. The molecule has 2 aromatic heterocycles. The van der Waals surface area contributed by atoms with Crippen molar-refractivity contribution in [1.29, 1.82) is 0 Å². The Balaban J connectivity index is 2.38. The second-order valence-electron chi connectivity index (χ2n) is 2.71. The zero-order chi connectivity index (χ0) is 10.1. The van der Waals surface area contributed by atoms with E-state index in [4.69, 9.17) is 4.42 Å². The fraction of sp³-hybridized carbons (Fsp3) is 0.111. The lowest BCUT2D eigenvalue weighted by atomic mass is 10.1. The van der Waals surface area contributed by atoms with Gasteiger partial charge in [0.1, 0.15) is 6.10 Å². The van der Waals surface area contributed by atoms with Crippen LogP contribution in [0.4, 0.5) is 0 Å². The van der Waals surface area contributed by atoms with Crippen LogP contribution in [0.5, 0.6) is 0 Å². The van der Waals surface area contributed by atoms with Crippen LogP contribution >= 0.6 is 43.2 Å². The molecule has 0 fully saturated rings. The Kier molecular flexibility index (Phi) is 3.11. The number of halogens is 2. The first-order chi connectivity index (χ1) is 6.70. The van der Waals surface area contributed by atoms with E-state index in [0.717, 1.165) is 14.5 Å². The Bertz CT molecular complexity index is 395. The minimum absolute atomic E-state index is 0.532. The highest BCUT2D eigenvalue weighted by Gasteiger charge is 2.19. The number of hydrogen-bond acceptors (Lipinski definition) is 3. The van der Waals surface area contributed by atoms with Crippen molar-refractivity contribution in [2.45, 2.75) is 6.10 Å². The number of rotatable bonds is 2. The van der Waals surface area contributed by atoms with Crippen molar-refractivity contribution in [3.8, 4) is 0 Å². The lowest BCUT2D eigenvalue weighted by Crippen LogP contribution is -1.97. The molecule has 0 aliphatic heterocycles. The lowest BCUT2D eigenvalue weighted by molar-refractivity contribution is 0.188. The Morgan fingerprint density at radius 1 is 1.29 bits per heavy atom. The van der Waals surface area contributed by atoms with Crippen LogP contribution in [-0.2, 0) is 0 Å². The average molecular weight is 338 g/mol. The molecule has 1 N–H and O–H groups in total.